The molecule has 7 heteroatoms. The van der Waals surface area contributed by atoms with Gasteiger partial charge in [0.05, 0.1) is 31.4 Å². The minimum Gasteiger partial charge on any atom is -0.497 e. The Morgan fingerprint density at radius 3 is 2.64 bits per heavy atom. The Bertz CT molecular complexity index is 652. The van der Waals surface area contributed by atoms with Gasteiger partial charge < -0.3 is 19.2 Å². The largest absolute Gasteiger partial charge is 0.497 e. The van der Waals surface area contributed by atoms with Crippen LogP contribution < -0.4 is 15.4 Å². The molecule has 0 fully saturated rings. The molecule has 0 saturated carbocycles. The molecular formula is C15H16N2O5. The van der Waals surface area contributed by atoms with Crippen molar-refractivity contribution in [3.8, 4) is 5.75 Å². The van der Waals surface area contributed by atoms with Gasteiger partial charge in [-0.3, -0.25) is 10.1 Å². The lowest BCUT2D eigenvalue weighted by molar-refractivity contribution is 0.0996. The molecule has 2 aromatic rings. The molecule has 0 atom stereocenters. The number of hydrogen-bond donors (Lipinski definition) is 2. The van der Waals surface area contributed by atoms with Crippen LogP contribution in [0.25, 0.3) is 0 Å². The summed E-state index contributed by atoms with van der Waals surface area (Å²) in [5.74, 6) is 0.249. The molecule has 0 unspecified atom stereocenters. The van der Waals surface area contributed by atoms with Crippen LogP contribution in [0.2, 0.25) is 0 Å². The molecular weight excluding hydrogens is 288 g/mol. The van der Waals surface area contributed by atoms with E-state index in [1.807, 2.05) is 0 Å². The number of carbonyl (C=O) groups excluding carboxylic acids is 2. The van der Waals surface area contributed by atoms with Gasteiger partial charge in [0, 0.05) is 6.07 Å². The fourth-order valence-corrected chi connectivity index (χ4v) is 1.73. The maximum Gasteiger partial charge on any atom is 0.411 e. The molecule has 2 N–H and O–H groups in total. The molecule has 0 spiro atoms. The molecule has 116 valence electrons. The van der Waals surface area contributed by atoms with Gasteiger partial charge in [0.15, 0.2) is 5.76 Å². The second kappa shape index (κ2) is 7.16. The lowest BCUT2D eigenvalue weighted by Crippen LogP contribution is -2.17. The zero-order valence-corrected chi connectivity index (χ0v) is 12.2. The normalized spacial score (nSPS) is 9.91. The van der Waals surface area contributed by atoms with Crippen LogP contribution in [0.4, 0.5) is 16.2 Å². The Morgan fingerprint density at radius 1 is 1.18 bits per heavy atom. The first-order valence-corrected chi connectivity index (χ1v) is 6.60. The van der Waals surface area contributed by atoms with Gasteiger partial charge >= 0.3 is 6.09 Å². The van der Waals surface area contributed by atoms with Crippen LogP contribution in [-0.4, -0.2) is 25.7 Å². The number of hydrogen-bond acceptors (Lipinski definition) is 5. The van der Waals surface area contributed by atoms with Crippen LogP contribution in [0, 0.1) is 0 Å². The first-order chi connectivity index (χ1) is 10.6. The van der Waals surface area contributed by atoms with Crippen LogP contribution in [0.3, 0.4) is 0 Å². The smallest absolute Gasteiger partial charge is 0.411 e. The van der Waals surface area contributed by atoms with Crippen LogP contribution in [0.5, 0.6) is 5.75 Å². The van der Waals surface area contributed by atoms with Gasteiger partial charge in [-0.15, -0.1) is 0 Å². The molecule has 1 heterocycles. The van der Waals surface area contributed by atoms with Crippen LogP contribution in [0.1, 0.15) is 17.5 Å². The summed E-state index contributed by atoms with van der Waals surface area (Å²) in [7, 11) is 1.51. The van der Waals surface area contributed by atoms with Crippen molar-refractivity contribution >= 4 is 23.4 Å². The van der Waals surface area contributed by atoms with E-state index in [1.165, 1.54) is 19.4 Å². The van der Waals surface area contributed by atoms with E-state index in [4.69, 9.17) is 13.9 Å². The second-order valence-electron chi connectivity index (χ2n) is 4.19. The lowest BCUT2D eigenvalue weighted by Gasteiger charge is -2.13. The molecule has 0 radical (unpaired) electrons. The molecule has 1 aromatic heterocycles. The van der Waals surface area contributed by atoms with Gasteiger partial charge in [-0.1, -0.05) is 0 Å². The monoisotopic (exact) mass is 304 g/mol. The second-order valence-corrected chi connectivity index (χ2v) is 4.19. The van der Waals surface area contributed by atoms with Crippen molar-refractivity contribution in [3.63, 3.8) is 0 Å². The third-order valence-corrected chi connectivity index (χ3v) is 2.73. The summed E-state index contributed by atoms with van der Waals surface area (Å²) in [6, 6.07) is 7.99. The highest BCUT2D eigenvalue weighted by Gasteiger charge is 2.14. The lowest BCUT2D eigenvalue weighted by atomic mass is 10.2. The van der Waals surface area contributed by atoms with Gasteiger partial charge in [-0.25, -0.2) is 4.79 Å². The van der Waals surface area contributed by atoms with E-state index < -0.39 is 12.0 Å². The molecule has 22 heavy (non-hydrogen) atoms. The average Bonchev–Trinajstić information content (AvgIpc) is 3.03. The van der Waals surface area contributed by atoms with Gasteiger partial charge in [-0.05, 0) is 31.2 Å². The molecule has 0 aliphatic rings. The summed E-state index contributed by atoms with van der Waals surface area (Å²) >= 11 is 0. The highest BCUT2D eigenvalue weighted by Crippen LogP contribution is 2.27. The predicted octanol–water partition coefficient (Wildman–Crippen LogP) is 3.11. The number of ether oxygens (including phenoxy) is 2. The van der Waals surface area contributed by atoms with Gasteiger partial charge in [0.1, 0.15) is 5.75 Å². The molecule has 0 aliphatic heterocycles. The van der Waals surface area contributed by atoms with Crippen LogP contribution in [0.15, 0.2) is 41.0 Å². The third-order valence-electron chi connectivity index (χ3n) is 2.73. The summed E-state index contributed by atoms with van der Waals surface area (Å²) in [5.41, 5.74) is 0.757. The number of furan rings is 1. The Labute approximate surface area is 127 Å². The predicted molar refractivity (Wildman–Crippen MR) is 80.3 cm³/mol. The SMILES string of the molecule is CCOC(=O)Nc1ccc(OC)cc1NC(=O)c1ccco1. The first kappa shape index (κ1) is 15.4. The van der Waals surface area contributed by atoms with Gasteiger partial charge in [-0.2, -0.15) is 0 Å². The van der Waals surface area contributed by atoms with E-state index in [0.717, 1.165) is 0 Å². The van der Waals surface area contributed by atoms with E-state index in [0.29, 0.717) is 17.1 Å². The number of carbonyl (C=O) groups is 2. The van der Waals surface area contributed by atoms with Crippen molar-refractivity contribution in [2.75, 3.05) is 24.4 Å². The highest BCUT2D eigenvalue weighted by atomic mass is 16.5. The van der Waals surface area contributed by atoms with Crippen molar-refractivity contribution in [3.05, 3.63) is 42.4 Å². The van der Waals surface area contributed by atoms with Crippen LogP contribution in [-0.2, 0) is 4.74 Å². The van der Waals surface area contributed by atoms with E-state index in [-0.39, 0.29) is 12.4 Å². The van der Waals surface area contributed by atoms with Crippen molar-refractivity contribution in [1.82, 2.24) is 0 Å². The standard InChI is InChI=1S/C15H16N2O5/c1-3-21-15(19)17-11-7-6-10(20-2)9-12(11)16-14(18)13-5-4-8-22-13/h4-9H,3H2,1-2H3,(H,16,18)(H,17,19). The topological polar surface area (TPSA) is 89.8 Å². The van der Waals surface area contributed by atoms with E-state index in [2.05, 4.69) is 10.6 Å². The van der Waals surface area contributed by atoms with Crippen LogP contribution >= 0.6 is 0 Å². The van der Waals surface area contributed by atoms with Gasteiger partial charge in [0.25, 0.3) is 5.91 Å². The number of anilines is 2. The summed E-state index contributed by atoms with van der Waals surface area (Å²) in [6.07, 6.45) is 0.791. The van der Waals surface area contributed by atoms with Crippen molar-refractivity contribution in [1.29, 1.82) is 0 Å². The fourth-order valence-electron chi connectivity index (χ4n) is 1.73. The number of amides is 2. The van der Waals surface area contributed by atoms with E-state index >= 15 is 0 Å². The quantitative estimate of drug-likeness (QED) is 0.885. The average molecular weight is 304 g/mol. The number of methoxy groups -OCH3 is 1. The Hall–Kier alpha value is -2.96. The Kier molecular flexibility index (Phi) is 5.02. The first-order valence-electron chi connectivity index (χ1n) is 6.60. The summed E-state index contributed by atoms with van der Waals surface area (Å²) < 4.78 is 15.0. The molecule has 7 nitrogen and oxygen atoms in total. The maximum absolute atomic E-state index is 12.0. The summed E-state index contributed by atoms with van der Waals surface area (Å²) in [5, 5.41) is 5.20. The van der Waals surface area contributed by atoms with Crippen molar-refractivity contribution < 1.29 is 23.5 Å². The molecule has 2 rings (SSSR count). The molecule has 1 aromatic carbocycles. The summed E-state index contributed by atoms with van der Waals surface area (Å²) in [6.45, 7) is 1.95. The number of nitrogens with one attached hydrogen (secondary N) is 2. The van der Waals surface area contributed by atoms with Gasteiger partial charge in [0.2, 0.25) is 0 Å². The van der Waals surface area contributed by atoms with Crippen molar-refractivity contribution in [2.45, 2.75) is 6.92 Å². The Morgan fingerprint density at radius 2 is 2.00 bits per heavy atom. The van der Waals surface area contributed by atoms with Crippen molar-refractivity contribution in [2.24, 2.45) is 0 Å². The fraction of sp³-hybridized carbons (Fsp3) is 0.200. The summed E-state index contributed by atoms with van der Waals surface area (Å²) in [4.78, 5) is 23.6. The maximum atomic E-state index is 12.0. The van der Waals surface area contributed by atoms with E-state index in [1.54, 1.807) is 31.2 Å². The highest BCUT2D eigenvalue weighted by molar-refractivity contribution is 6.05. The molecule has 2 amide bonds. The number of benzene rings is 1. The number of rotatable bonds is 5. The minimum absolute atomic E-state index is 0.157. The van der Waals surface area contributed by atoms with E-state index in [9.17, 15) is 9.59 Å². The zero-order chi connectivity index (χ0) is 15.9. The molecule has 0 bridgehead atoms. The zero-order valence-electron chi connectivity index (χ0n) is 12.2. The molecule has 0 saturated heterocycles. The minimum atomic E-state index is -0.610. The Balaban J connectivity index is 2.22. The third kappa shape index (κ3) is 3.78. The molecule has 0 aliphatic carbocycles.